The van der Waals surface area contributed by atoms with Crippen molar-refractivity contribution in [2.24, 2.45) is 0 Å². The first-order valence-electron chi connectivity index (χ1n) is 7.72. The Labute approximate surface area is 141 Å². The lowest BCUT2D eigenvalue weighted by atomic mass is 10.1. The van der Waals surface area contributed by atoms with Crippen molar-refractivity contribution >= 4 is 17.2 Å². The fourth-order valence-electron chi connectivity index (χ4n) is 2.56. The molecular weight excluding hydrogens is 310 g/mol. The molecule has 23 heavy (non-hydrogen) atoms. The molecule has 124 valence electrons. The van der Waals surface area contributed by atoms with Crippen molar-refractivity contribution in [1.82, 2.24) is 4.90 Å². The molecule has 0 unspecified atom stereocenters. The molecule has 0 aliphatic heterocycles. The van der Waals surface area contributed by atoms with Gasteiger partial charge in [-0.05, 0) is 34.9 Å². The summed E-state index contributed by atoms with van der Waals surface area (Å²) in [5.74, 6) is 0.718. The third-order valence-corrected chi connectivity index (χ3v) is 4.64. The number of hydrogen-bond acceptors (Lipinski definition) is 4. The van der Waals surface area contributed by atoms with Gasteiger partial charge in [-0.25, -0.2) is 0 Å². The highest BCUT2D eigenvalue weighted by molar-refractivity contribution is 7.07. The summed E-state index contributed by atoms with van der Waals surface area (Å²) in [7, 11) is 1.61. The van der Waals surface area contributed by atoms with Gasteiger partial charge in [0.1, 0.15) is 5.75 Å². The van der Waals surface area contributed by atoms with E-state index in [4.69, 9.17) is 4.74 Å². The van der Waals surface area contributed by atoms with E-state index in [1.165, 1.54) is 0 Å². The smallest absolute Gasteiger partial charge is 0.227 e. The molecule has 0 aliphatic carbocycles. The highest BCUT2D eigenvalue weighted by atomic mass is 32.1. The number of para-hydroxylation sites is 1. The van der Waals surface area contributed by atoms with Crippen molar-refractivity contribution in [3.05, 3.63) is 52.2 Å². The number of rotatable bonds is 8. The Balaban J connectivity index is 2.18. The summed E-state index contributed by atoms with van der Waals surface area (Å²) >= 11 is 1.61. The fourth-order valence-corrected chi connectivity index (χ4v) is 3.22. The molecule has 5 heteroatoms. The number of benzene rings is 1. The lowest BCUT2D eigenvalue weighted by Gasteiger charge is -2.30. The van der Waals surface area contributed by atoms with Crippen LogP contribution < -0.4 is 4.74 Å². The number of ether oxygens (including phenoxy) is 1. The van der Waals surface area contributed by atoms with Crippen molar-refractivity contribution in [1.29, 1.82) is 0 Å². The second-order valence-electron chi connectivity index (χ2n) is 5.39. The van der Waals surface area contributed by atoms with E-state index in [-0.39, 0.29) is 25.0 Å². The van der Waals surface area contributed by atoms with Gasteiger partial charge in [0, 0.05) is 12.1 Å². The second kappa shape index (κ2) is 8.70. The summed E-state index contributed by atoms with van der Waals surface area (Å²) in [6.07, 6.45) is 0.989. The van der Waals surface area contributed by atoms with E-state index in [2.05, 4.69) is 0 Å². The molecule has 0 bridgehead atoms. The van der Waals surface area contributed by atoms with E-state index >= 15 is 0 Å². The number of methoxy groups -OCH3 is 1. The van der Waals surface area contributed by atoms with E-state index in [0.717, 1.165) is 17.5 Å². The van der Waals surface area contributed by atoms with Gasteiger partial charge in [0.15, 0.2) is 0 Å². The number of thiophene rings is 1. The van der Waals surface area contributed by atoms with Gasteiger partial charge in [0.05, 0.1) is 26.2 Å². The Morgan fingerprint density at radius 2 is 2.13 bits per heavy atom. The van der Waals surface area contributed by atoms with E-state index in [1.807, 2.05) is 48.0 Å². The molecule has 0 aliphatic rings. The number of hydrogen-bond donors (Lipinski definition) is 1. The molecule has 2 rings (SSSR count). The lowest BCUT2D eigenvalue weighted by Crippen LogP contribution is -2.42. The second-order valence-corrected chi connectivity index (χ2v) is 6.17. The molecule has 1 amide bonds. The summed E-state index contributed by atoms with van der Waals surface area (Å²) in [6.45, 7) is 2.48. The van der Waals surface area contributed by atoms with Gasteiger partial charge in [0.2, 0.25) is 5.91 Å². The van der Waals surface area contributed by atoms with Crippen molar-refractivity contribution < 1.29 is 14.6 Å². The van der Waals surface area contributed by atoms with Gasteiger partial charge < -0.3 is 14.7 Å². The normalized spacial score (nSPS) is 12.0. The van der Waals surface area contributed by atoms with Gasteiger partial charge in [-0.1, -0.05) is 25.1 Å². The Hall–Kier alpha value is -1.85. The van der Waals surface area contributed by atoms with Crippen molar-refractivity contribution in [3.63, 3.8) is 0 Å². The van der Waals surface area contributed by atoms with Crippen LogP contribution in [0.1, 0.15) is 24.5 Å². The molecule has 1 aromatic heterocycles. The molecule has 0 saturated heterocycles. The summed E-state index contributed by atoms with van der Waals surface area (Å²) in [4.78, 5) is 14.6. The zero-order chi connectivity index (χ0) is 16.7. The first-order valence-corrected chi connectivity index (χ1v) is 8.67. The monoisotopic (exact) mass is 333 g/mol. The Kier molecular flexibility index (Phi) is 6.62. The molecule has 1 aromatic carbocycles. The number of aliphatic hydroxyl groups is 1. The third-order valence-electron chi connectivity index (χ3n) is 3.91. The van der Waals surface area contributed by atoms with Crippen LogP contribution in [-0.4, -0.2) is 35.7 Å². The van der Waals surface area contributed by atoms with Crippen LogP contribution in [0.2, 0.25) is 0 Å². The molecule has 0 radical (unpaired) electrons. The maximum atomic E-state index is 12.8. The molecule has 1 heterocycles. The first-order chi connectivity index (χ1) is 11.2. The summed E-state index contributed by atoms with van der Waals surface area (Å²) in [5, 5.41) is 13.7. The fraction of sp³-hybridized carbons (Fsp3) is 0.389. The minimum Gasteiger partial charge on any atom is -0.496 e. The summed E-state index contributed by atoms with van der Waals surface area (Å²) < 4.78 is 5.33. The predicted octanol–water partition coefficient (Wildman–Crippen LogP) is 3.10. The summed E-state index contributed by atoms with van der Waals surface area (Å²) in [5.41, 5.74) is 1.96. The SMILES string of the molecule is CC[C@H](CO)N(Cc1ccsc1)C(=O)Cc1ccccc1OC. The Bertz CT molecular complexity index is 608. The third kappa shape index (κ3) is 4.56. The minimum absolute atomic E-state index is 0.00148. The quantitative estimate of drug-likeness (QED) is 0.807. The maximum Gasteiger partial charge on any atom is 0.227 e. The van der Waals surface area contributed by atoms with Crippen LogP contribution in [0.5, 0.6) is 5.75 Å². The highest BCUT2D eigenvalue weighted by Crippen LogP contribution is 2.21. The van der Waals surface area contributed by atoms with Crippen LogP contribution in [0.3, 0.4) is 0 Å². The van der Waals surface area contributed by atoms with Crippen molar-refractivity contribution in [3.8, 4) is 5.75 Å². The zero-order valence-electron chi connectivity index (χ0n) is 13.6. The molecule has 2 aromatic rings. The topological polar surface area (TPSA) is 49.8 Å². The van der Waals surface area contributed by atoms with Gasteiger partial charge >= 0.3 is 0 Å². The lowest BCUT2D eigenvalue weighted by molar-refractivity contribution is -0.134. The molecule has 0 fully saturated rings. The molecule has 1 atom stereocenters. The number of carbonyl (C=O) groups excluding carboxylic acids is 1. The zero-order valence-corrected chi connectivity index (χ0v) is 14.4. The molecule has 0 spiro atoms. The van der Waals surface area contributed by atoms with Crippen molar-refractivity contribution in [2.75, 3.05) is 13.7 Å². The standard InChI is InChI=1S/C18H23NO3S/c1-3-16(12-20)19(11-14-8-9-23-13-14)18(21)10-15-6-4-5-7-17(15)22-2/h4-9,13,16,20H,3,10-12H2,1-2H3/t16-/m1/s1. The average molecular weight is 333 g/mol. The van der Waals surface area contributed by atoms with Gasteiger partial charge in [-0.3, -0.25) is 4.79 Å². The van der Waals surface area contributed by atoms with Gasteiger partial charge in [0.25, 0.3) is 0 Å². The van der Waals surface area contributed by atoms with Crippen LogP contribution in [0, 0.1) is 0 Å². The van der Waals surface area contributed by atoms with Crippen LogP contribution in [0.15, 0.2) is 41.1 Å². The molecule has 4 nitrogen and oxygen atoms in total. The van der Waals surface area contributed by atoms with Crippen molar-refractivity contribution in [2.45, 2.75) is 32.4 Å². The largest absolute Gasteiger partial charge is 0.496 e. The number of amides is 1. The Morgan fingerprint density at radius 1 is 1.35 bits per heavy atom. The number of aliphatic hydroxyl groups excluding tert-OH is 1. The van der Waals surface area contributed by atoms with Crippen LogP contribution in [0.25, 0.3) is 0 Å². The maximum absolute atomic E-state index is 12.8. The van der Waals surface area contributed by atoms with Crippen LogP contribution in [-0.2, 0) is 17.8 Å². The first kappa shape index (κ1) is 17.5. The highest BCUT2D eigenvalue weighted by Gasteiger charge is 2.23. The van der Waals surface area contributed by atoms with Crippen LogP contribution >= 0.6 is 11.3 Å². The molecule has 1 N–H and O–H groups in total. The Morgan fingerprint density at radius 3 is 2.74 bits per heavy atom. The van der Waals surface area contributed by atoms with Gasteiger partial charge in [-0.2, -0.15) is 11.3 Å². The minimum atomic E-state index is -0.169. The average Bonchev–Trinajstić information content (AvgIpc) is 3.08. The van der Waals surface area contributed by atoms with Crippen LogP contribution in [0.4, 0.5) is 0 Å². The number of nitrogens with zero attached hydrogens (tertiary/aromatic N) is 1. The number of carbonyl (C=O) groups is 1. The predicted molar refractivity (Wildman–Crippen MR) is 92.7 cm³/mol. The van der Waals surface area contributed by atoms with E-state index in [0.29, 0.717) is 12.3 Å². The summed E-state index contributed by atoms with van der Waals surface area (Å²) in [6, 6.07) is 9.39. The van der Waals surface area contributed by atoms with E-state index in [9.17, 15) is 9.90 Å². The van der Waals surface area contributed by atoms with E-state index in [1.54, 1.807) is 23.3 Å². The molecular formula is C18H23NO3S. The molecule has 0 saturated carbocycles. The van der Waals surface area contributed by atoms with E-state index < -0.39 is 0 Å². The van der Waals surface area contributed by atoms with Gasteiger partial charge in [-0.15, -0.1) is 0 Å².